The summed E-state index contributed by atoms with van der Waals surface area (Å²) in [5.74, 6) is 0.810. The zero-order valence-corrected chi connectivity index (χ0v) is 19.0. The van der Waals surface area contributed by atoms with Crippen molar-refractivity contribution in [3.05, 3.63) is 24.3 Å². The lowest BCUT2D eigenvalue weighted by Crippen LogP contribution is -2.37. The highest BCUT2D eigenvalue weighted by molar-refractivity contribution is 5.78. The van der Waals surface area contributed by atoms with Gasteiger partial charge in [0.1, 0.15) is 0 Å². The first-order valence-corrected chi connectivity index (χ1v) is 11.0. The van der Waals surface area contributed by atoms with E-state index >= 15 is 0 Å². The third-order valence-corrected chi connectivity index (χ3v) is 4.51. The second-order valence-electron chi connectivity index (χ2n) is 7.13. The minimum Gasteiger partial charge on any atom is -0.480 e. The number of hydrogen-bond donors (Lipinski definition) is 0. The van der Waals surface area contributed by atoms with Crippen LogP contribution < -0.4 is 9.47 Å². The van der Waals surface area contributed by atoms with Crippen LogP contribution in [-0.2, 0) is 14.3 Å². The third-order valence-electron chi connectivity index (χ3n) is 4.51. The normalized spacial score (nSPS) is 10.5. The Kier molecular flexibility index (Phi) is 13.3. The Morgan fingerprint density at radius 3 is 1.60 bits per heavy atom. The van der Waals surface area contributed by atoms with E-state index in [0.29, 0.717) is 31.2 Å². The first-order chi connectivity index (χ1) is 14.6. The Morgan fingerprint density at radius 1 is 0.767 bits per heavy atom. The van der Waals surface area contributed by atoms with Crippen molar-refractivity contribution in [2.75, 3.05) is 53.1 Å². The molecular formula is C23H38N2O5. The van der Waals surface area contributed by atoms with Crippen LogP contribution in [0.25, 0.3) is 0 Å². The molecule has 2 amide bonds. The highest BCUT2D eigenvalue weighted by Gasteiger charge is 2.16. The fourth-order valence-corrected chi connectivity index (χ4v) is 3.08. The van der Waals surface area contributed by atoms with Crippen molar-refractivity contribution in [1.29, 1.82) is 0 Å². The van der Waals surface area contributed by atoms with Crippen molar-refractivity contribution in [2.45, 2.75) is 46.5 Å². The van der Waals surface area contributed by atoms with Crippen molar-refractivity contribution >= 4 is 11.8 Å². The lowest BCUT2D eigenvalue weighted by atomic mass is 10.3. The van der Waals surface area contributed by atoms with Crippen molar-refractivity contribution in [1.82, 2.24) is 9.80 Å². The van der Waals surface area contributed by atoms with Gasteiger partial charge in [0.15, 0.2) is 24.7 Å². The number of ether oxygens (including phenoxy) is 3. The molecule has 0 aromatic heterocycles. The summed E-state index contributed by atoms with van der Waals surface area (Å²) in [6, 6.07) is 7.13. The van der Waals surface area contributed by atoms with Gasteiger partial charge in [0.2, 0.25) is 0 Å². The second kappa shape index (κ2) is 15.5. The van der Waals surface area contributed by atoms with E-state index in [9.17, 15) is 9.59 Å². The summed E-state index contributed by atoms with van der Waals surface area (Å²) in [5.41, 5.74) is 0. The first-order valence-electron chi connectivity index (χ1n) is 11.0. The molecule has 1 rings (SSSR count). The van der Waals surface area contributed by atoms with Crippen LogP contribution in [0.15, 0.2) is 24.3 Å². The number of carbonyl (C=O) groups excluding carboxylic acids is 2. The highest BCUT2D eigenvalue weighted by atomic mass is 16.5. The van der Waals surface area contributed by atoms with E-state index in [2.05, 4.69) is 0 Å². The standard InChI is InChI=1S/C23H38N2O5/c1-5-13-24(14-6-2)22(26)18-29-20-11-8-9-12-21(20)30-19-23(27)25(15-7-3)16-10-17-28-4/h8-9,11-12H,5-7,10,13-19H2,1-4H3. The van der Waals surface area contributed by atoms with Gasteiger partial charge in [0.05, 0.1) is 0 Å². The van der Waals surface area contributed by atoms with Crippen LogP contribution in [0.5, 0.6) is 11.5 Å². The molecule has 0 saturated heterocycles. The average Bonchev–Trinajstić information content (AvgIpc) is 2.75. The molecule has 1 aromatic carbocycles. The predicted molar refractivity (Wildman–Crippen MR) is 118 cm³/mol. The zero-order valence-electron chi connectivity index (χ0n) is 19.0. The number of benzene rings is 1. The van der Waals surface area contributed by atoms with E-state index in [1.54, 1.807) is 24.1 Å². The predicted octanol–water partition coefficient (Wildman–Crippen LogP) is 3.37. The number of rotatable bonds is 16. The molecule has 0 unspecified atom stereocenters. The Morgan fingerprint density at radius 2 is 1.20 bits per heavy atom. The van der Waals surface area contributed by atoms with E-state index in [1.165, 1.54) is 0 Å². The van der Waals surface area contributed by atoms with Crippen LogP contribution in [0.3, 0.4) is 0 Å². The summed E-state index contributed by atoms with van der Waals surface area (Å²) in [4.78, 5) is 28.6. The summed E-state index contributed by atoms with van der Waals surface area (Å²) in [6.07, 6.45) is 3.49. The summed E-state index contributed by atoms with van der Waals surface area (Å²) in [5, 5.41) is 0. The molecule has 0 radical (unpaired) electrons. The summed E-state index contributed by atoms with van der Waals surface area (Å²) >= 11 is 0. The first kappa shape index (κ1) is 25.8. The van der Waals surface area contributed by atoms with Gasteiger partial charge in [-0.25, -0.2) is 0 Å². The summed E-state index contributed by atoms with van der Waals surface area (Å²) in [7, 11) is 1.65. The van der Waals surface area contributed by atoms with Gasteiger partial charge in [-0.15, -0.1) is 0 Å². The van der Waals surface area contributed by atoms with Gasteiger partial charge in [-0.2, -0.15) is 0 Å². The molecular weight excluding hydrogens is 384 g/mol. The second-order valence-corrected chi connectivity index (χ2v) is 7.13. The van der Waals surface area contributed by atoms with Crippen LogP contribution in [0, 0.1) is 0 Å². The van der Waals surface area contributed by atoms with E-state index in [4.69, 9.17) is 14.2 Å². The van der Waals surface area contributed by atoms with Crippen LogP contribution >= 0.6 is 0 Å². The molecule has 0 aliphatic carbocycles. The van der Waals surface area contributed by atoms with E-state index in [1.807, 2.05) is 37.8 Å². The molecule has 30 heavy (non-hydrogen) atoms. The van der Waals surface area contributed by atoms with Crippen LogP contribution in [0.4, 0.5) is 0 Å². The molecule has 1 aromatic rings. The topological polar surface area (TPSA) is 68.3 Å². The van der Waals surface area contributed by atoms with Gasteiger partial charge in [0.25, 0.3) is 11.8 Å². The van der Waals surface area contributed by atoms with Gasteiger partial charge >= 0.3 is 0 Å². The third kappa shape index (κ3) is 9.48. The average molecular weight is 423 g/mol. The molecule has 0 fully saturated rings. The SMILES string of the molecule is CCCN(CCC)C(=O)COc1ccccc1OCC(=O)N(CCC)CCCOC. The van der Waals surface area contributed by atoms with Crippen molar-refractivity contribution in [3.63, 3.8) is 0 Å². The largest absolute Gasteiger partial charge is 0.480 e. The Labute approximate surface area is 181 Å². The van der Waals surface area contributed by atoms with Gasteiger partial charge < -0.3 is 24.0 Å². The number of carbonyl (C=O) groups is 2. The maximum Gasteiger partial charge on any atom is 0.260 e. The van der Waals surface area contributed by atoms with Crippen LogP contribution in [-0.4, -0.2) is 74.7 Å². The maximum absolute atomic E-state index is 12.6. The van der Waals surface area contributed by atoms with E-state index in [-0.39, 0.29) is 25.0 Å². The fourth-order valence-electron chi connectivity index (χ4n) is 3.08. The smallest absolute Gasteiger partial charge is 0.260 e. The molecule has 0 saturated carbocycles. The number of hydrogen-bond acceptors (Lipinski definition) is 5. The lowest BCUT2D eigenvalue weighted by molar-refractivity contribution is -0.134. The molecule has 7 heteroatoms. The lowest BCUT2D eigenvalue weighted by Gasteiger charge is -2.23. The van der Waals surface area contributed by atoms with Gasteiger partial charge in [-0.3, -0.25) is 9.59 Å². The molecule has 7 nitrogen and oxygen atoms in total. The van der Waals surface area contributed by atoms with Crippen molar-refractivity contribution < 1.29 is 23.8 Å². The van der Waals surface area contributed by atoms with E-state index in [0.717, 1.165) is 38.8 Å². The van der Waals surface area contributed by atoms with Crippen LogP contribution in [0.1, 0.15) is 46.5 Å². The molecule has 0 spiro atoms. The molecule has 0 aliphatic rings. The summed E-state index contributed by atoms with van der Waals surface area (Å²) < 4.78 is 16.6. The number of nitrogens with zero attached hydrogens (tertiary/aromatic N) is 2. The number of amides is 2. The number of methoxy groups -OCH3 is 1. The Bertz CT molecular complexity index is 617. The van der Waals surface area contributed by atoms with E-state index < -0.39 is 0 Å². The Balaban J connectivity index is 2.65. The van der Waals surface area contributed by atoms with Gasteiger partial charge in [-0.1, -0.05) is 32.9 Å². The fraction of sp³-hybridized carbons (Fsp3) is 0.652. The minimum absolute atomic E-state index is 0.0446. The molecule has 0 heterocycles. The molecule has 170 valence electrons. The quantitative estimate of drug-likeness (QED) is 0.382. The Hall–Kier alpha value is -2.28. The maximum atomic E-state index is 12.6. The summed E-state index contributed by atoms with van der Waals surface area (Å²) in [6.45, 7) is 9.40. The molecule has 0 aliphatic heterocycles. The van der Waals surface area contributed by atoms with Crippen molar-refractivity contribution in [3.8, 4) is 11.5 Å². The van der Waals surface area contributed by atoms with Crippen LogP contribution in [0.2, 0.25) is 0 Å². The molecule has 0 N–H and O–H groups in total. The highest BCUT2D eigenvalue weighted by Crippen LogP contribution is 2.26. The van der Waals surface area contributed by atoms with Gasteiger partial charge in [-0.05, 0) is 37.8 Å². The minimum atomic E-state index is -0.0732. The molecule has 0 bridgehead atoms. The monoisotopic (exact) mass is 422 g/mol. The zero-order chi connectivity index (χ0) is 22.2. The van der Waals surface area contributed by atoms with Gasteiger partial charge in [0, 0.05) is 39.9 Å². The van der Waals surface area contributed by atoms with Crippen molar-refractivity contribution in [2.24, 2.45) is 0 Å². The molecule has 0 atom stereocenters. The number of para-hydroxylation sites is 2.